The van der Waals surface area contributed by atoms with Crippen LogP contribution in [0.1, 0.15) is 31.7 Å². The topological polar surface area (TPSA) is 129 Å². The van der Waals surface area contributed by atoms with E-state index in [1.807, 2.05) is 0 Å². The predicted octanol–water partition coefficient (Wildman–Crippen LogP) is 3.62. The molecule has 3 aliphatic heterocycles. The number of pyridine rings is 1. The maximum Gasteiger partial charge on any atom is 0.573 e. The molecule has 5 rings (SSSR count). The van der Waals surface area contributed by atoms with Crippen LogP contribution in [-0.4, -0.2) is 86.0 Å². The van der Waals surface area contributed by atoms with Gasteiger partial charge >= 0.3 is 16.6 Å². The molecule has 3 aliphatic rings. The number of amidine groups is 2. The number of alkyl halides is 3. The van der Waals surface area contributed by atoms with E-state index in [2.05, 4.69) is 45.5 Å². The van der Waals surface area contributed by atoms with Crippen molar-refractivity contribution in [1.29, 1.82) is 0 Å². The molecule has 11 nitrogen and oxygen atoms in total. The SMILES string of the molecule is CC[C@H]1CN(c2ncc(NC3=NS(=O)(=O)N=C3N)cc2Cl)CCN1C1CCN(Cc2ccc(OC(F)(F)F)cc2)CC1. The summed E-state index contributed by atoms with van der Waals surface area (Å²) >= 11 is 6.60. The Balaban J connectivity index is 1.14. The molecule has 0 spiro atoms. The lowest BCUT2D eigenvalue weighted by Crippen LogP contribution is -2.58. The van der Waals surface area contributed by atoms with E-state index in [-0.39, 0.29) is 17.4 Å². The van der Waals surface area contributed by atoms with Gasteiger partial charge in [-0.05, 0) is 56.1 Å². The molecular weight excluding hydrogens is 597 g/mol. The van der Waals surface area contributed by atoms with Crippen LogP contribution < -0.4 is 20.7 Å². The fraction of sp³-hybridized carbons (Fsp3) is 0.500. The second-order valence-electron chi connectivity index (χ2n) is 10.5. The van der Waals surface area contributed by atoms with Crippen LogP contribution in [0.3, 0.4) is 0 Å². The first-order chi connectivity index (χ1) is 19.9. The summed E-state index contributed by atoms with van der Waals surface area (Å²) in [6, 6.07) is 8.49. The lowest BCUT2D eigenvalue weighted by Gasteiger charge is -2.47. The summed E-state index contributed by atoms with van der Waals surface area (Å²) in [5, 5.41) is 3.23. The number of benzene rings is 1. The Bertz CT molecular complexity index is 1450. The molecule has 0 radical (unpaired) electrons. The zero-order valence-electron chi connectivity index (χ0n) is 22.9. The van der Waals surface area contributed by atoms with Crippen LogP contribution in [0.4, 0.5) is 24.7 Å². The fourth-order valence-electron chi connectivity index (χ4n) is 5.68. The first-order valence-corrected chi connectivity index (χ1v) is 15.4. The Morgan fingerprint density at radius 2 is 1.83 bits per heavy atom. The van der Waals surface area contributed by atoms with Crippen molar-refractivity contribution in [2.24, 2.45) is 14.5 Å². The van der Waals surface area contributed by atoms with E-state index in [1.54, 1.807) is 24.4 Å². The number of halogens is 4. The molecule has 1 aromatic heterocycles. The van der Waals surface area contributed by atoms with Gasteiger partial charge in [-0.1, -0.05) is 30.7 Å². The standard InChI is InChI=1S/C26H32ClF3N8O3S/c1-2-19-16-37(25-22(27)13-18(14-32-25)33-24-23(31)34-42(39,40)35-24)11-12-38(19)20-7-9-36(10-8-20)15-17-3-5-21(6-4-17)41-26(28,29)30/h3-6,13-14,19-20H,2,7-12,15-16H2,1H3,(H2,31,34)(H,33,35)/t19-/m0/s1. The molecule has 1 atom stereocenters. The highest BCUT2D eigenvalue weighted by molar-refractivity contribution is 7.89. The number of hydrogen-bond acceptors (Lipinski definition) is 9. The van der Waals surface area contributed by atoms with Crippen LogP contribution in [0, 0.1) is 0 Å². The van der Waals surface area contributed by atoms with Crippen molar-refractivity contribution in [1.82, 2.24) is 14.8 Å². The zero-order valence-corrected chi connectivity index (χ0v) is 24.5. The lowest BCUT2D eigenvalue weighted by atomic mass is 9.98. The number of hydrogen-bond donors (Lipinski definition) is 2. The van der Waals surface area contributed by atoms with Gasteiger partial charge in [-0.2, -0.15) is 8.42 Å². The monoisotopic (exact) mass is 628 g/mol. The van der Waals surface area contributed by atoms with Crippen LogP contribution in [0.25, 0.3) is 0 Å². The number of anilines is 2. The van der Waals surface area contributed by atoms with Gasteiger partial charge in [-0.15, -0.1) is 22.0 Å². The Labute approximate surface area is 247 Å². The van der Waals surface area contributed by atoms with Crippen molar-refractivity contribution in [3.05, 3.63) is 47.1 Å². The Morgan fingerprint density at radius 1 is 1.12 bits per heavy atom. The van der Waals surface area contributed by atoms with Gasteiger partial charge in [0.15, 0.2) is 11.7 Å². The largest absolute Gasteiger partial charge is 0.573 e. The third kappa shape index (κ3) is 7.43. The minimum absolute atomic E-state index is 0.0697. The van der Waals surface area contributed by atoms with Crippen molar-refractivity contribution in [2.45, 2.75) is 51.2 Å². The molecule has 0 bridgehead atoms. The number of nitrogens with two attached hydrogens (primary N) is 1. The Kier molecular flexibility index (Phi) is 8.83. The van der Waals surface area contributed by atoms with E-state index in [0.717, 1.165) is 57.5 Å². The zero-order chi connectivity index (χ0) is 30.1. The molecule has 42 heavy (non-hydrogen) atoms. The number of likely N-dealkylation sites (tertiary alicyclic amines) is 1. The summed E-state index contributed by atoms with van der Waals surface area (Å²) in [4.78, 5) is 11.6. The van der Waals surface area contributed by atoms with Gasteiger partial charge in [-0.3, -0.25) is 9.80 Å². The van der Waals surface area contributed by atoms with Gasteiger partial charge in [0.2, 0.25) is 0 Å². The first-order valence-electron chi connectivity index (χ1n) is 13.6. The average molecular weight is 629 g/mol. The molecule has 0 saturated carbocycles. The maximum absolute atomic E-state index is 12.4. The highest BCUT2D eigenvalue weighted by Gasteiger charge is 2.34. The number of piperidine rings is 1. The van der Waals surface area contributed by atoms with Crippen molar-refractivity contribution < 1.29 is 26.3 Å². The van der Waals surface area contributed by atoms with Crippen molar-refractivity contribution >= 4 is 45.0 Å². The predicted molar refractivity (Wildman–Crippen MR) is 155 cm³/mol. The number of nitrogens with zero attached hydrogens (tertiary/aromatic N) is 6. The normalized spacial score (nSPS) is 22.1. The molecule has 0 aliphatic carbocycles. The summed E-state index contributed by atoms with van der Waals surface area (Å²) in [6.07, 6.45) is -0.148. The summed E-state index contributed by atoms with van der Waals surface area (Å²) in [6.45, 7) is 7.07. The molecule has 228 valence electrons. The van der Waals surface area contributed by atoms with E-state index >= 15 is 0 Å². The van der Waals surface area contributed by atoms with Crippen LogP contribution in [0.2, 0.25) is 5.02 Å². The van der Waals surface area contributed by atoms with E-state index in [1.165, 1.54) is 12.1 Å². The van der Waals surface area contributed by atoms with Gasteiger partial charge in [0.1, 0.15) is 11.6 Å². The first kappa shape index (κ1) is 30.3. The molecule has 3 N–H and O–H groups in total. The van der Waals surface area contributed by atoms with Crippen LogP contribution in [0.5, 0.6) is 5.75 Å². The molecule has 0 unspecified atom stereocenters. The molecule has 0 amide bonds. The summed E-state index contributed by atoms with van der Waals surface area (Å²) < 4.78 is 71.0. The fourth-order valence-corrected chi connectivity index (χ4v) is 6.71. The molecule has 4 heterocycles. The molecule has 2 aromatic rings. The van der Waals surface area contributed by atoms with Crippen LogP contribution in [-0.2, 0) is 16.8 Å². The molecule has 2 fully saturated rings. The third-order valence-corrected chi connectivity index (χ3v) is 8.75. The van der Waals surface area contributed by atoms with Crippen molar-refractivity contribution in [2.75, 3.05) is 42.9 Å². The van der Waals surface area contributed by atoms with Gasteiger partial charge in [0.05, 0.1) is 16.9 Å². The van der Waals surface area contributed by atoms with Gasteiger partial charge in [-0.25, -0.2) is 4.98 Å². The lowest BCUT2D eigenvalue weighted by molar-refractivity contribution is -0.274. The summed E-state index contributed by atoms with van der Waals surface area (Å²) in [5.74, 6) is 0.149. The molecule has 1 aromatic carbocycles. The molecular formula is C26H32ClF3N8O3S. The number of ether oxygens (including phenoxy) is 1. The van der Waals surface area contributed by atoms with Gasteiger partial charge in [0, 0.05) is 38.3 Å². The summed E-state index contributed by atoms with van der Waals surface area (Å²) in [5.41, 5.74) is 7.02. The highest BCUT2D eigenvalue weighted by atomic mass is 35.5. The number of nitrogens with one attached hydrogen (secondary N) is 1. The summed E-state index contributed by atoms with van der Waals surface area (Å²) in [7, 11) is -3.96. The van der Waals surface area contributed by atoms with Crippen molar-refractivity contribution in [3.8, 4) is 5.75 Å². The Morgan fingerprint density at radius 3 is 2.43 bits per heavy atom. The van der Waals surface area contributed by atoms with E-state index in [0.29, 0.717) is 35.2 Å². The number of rotatable bonds is 7. The Hall–Kier alpha value is -3.14. The second kappa shape index (κ2) is 12.2. The van der Waals surface area contributed by atoms with E-state index in [4.69, 9.17) is 17.3 Å². The number of piperazine rings is 1. The van der Waals surface area contributed by atoms with Crippen molar-refractivity contribution in [3.63, 3.8) is 0 Å². The molecule has 2 saturated heterocycles. The number of aromatic nitrogens is 1. The van der Waals surface area contributed by atoms with E-state index in [9.17, 15) is 21.6 Å². The molecule has 16 heteroatoms. The van der Waals surface area contributed by atoms with Gasteiger partial charge in [0.25, 0.3) is 0 Å². The minimum atomic E-state index is -4.69. The quantitative estimate of drug-likeness (QED) is 0.472. The van der Waals surface area contributed by atoms with E-state index < -0.39 is 16.6 Å². The highest BCUT2D eigenvalue weighted by Crippen LogP contribution is 2.31. The van der Waals surface area contributed by atoms with Crippen LogP contribution in [0.15, 0.2) is 45.3 Å². The van der Waals surface area contributed by atoms with Crippen LogP contribution >= 0.6 is 11.6 Å². The third-order valence-electron chi connectivity index (χ3n) is 7.64. The average Bonchev–Trinajstić information content (AvgIpc) is 3.19. The minimum Gasteiger partial charge on any atom is -0.406 e. The maximum atomic E-state index is 12.4. The smallest absolute Gasteiger partial charge is 0.406 e. The second-order valence-corrected chi connectivity index (χ2v) is 12.1. The van der Waals surface area contributed by atoms with Gasteiger partial charge < -0.3 is 20.7 Å².